The van der Waals surface area contributed by atoms with E-state index in [1.54, 1.807) is 11.3 Å². The number of fused-ring (bicyclic) bond motifs is 3. The number of aryl methyl sites for hydroxylation is 2. The Kier molecular flexibility index (Phi) is 4.39. The van der Waals surface area contributed by atoms with Crippen LogP contribution in [0.5, 0.6) is 0 Å². The minimum atomic E-state index is -0.348. The van der Waals surface area contributed by atoms with Crippen LogP contribution in [0.15, 0.2) is 29.1 Å². The van der Waals surface area contributed by atoms with Gasteiger partial charge in [0.15, 0.2) is 0 Å². The SMILES string of the molecule is O=C(NCc1cccc(N2CCCC2)c1)c1nc2sc3c(c2c(=O)[nH]1)CCC3. The standard InChI is InChI=1S/C21H22N4O2S/c26-19-17-15-7-4-8-16(15)28-21(17)24-18(23-19)20(27)22-12-13-5-3-6-14(11-13)25-9-1-2-10-25/h3,5-6,11H,1-2,4,7-10,12H2,(H,22,27)(H,23,24,26). The van der Waals surface area contributed by atoms with Gasteiger partial charge in [0.1, 0.15) is 4.83 Å². The highest BCUT2D eigenvalue weighted by Gasteiger charge is 2.22. The average Bonchev–Trinajstić information content (AvgIpc) is 3.43. The fraction of sp³-hybridized carbons (Fsp3) is 0.381. The van der Waals surface area contributed by atoms with Gasteiger partial charge in [0.25, 0.3) is 11.5 Å². The highest BCUT2D eigenvalue weighted by molar-refractivity contribution is 7.18. The van der Waals surface area contributed by atoms with E-state index in [9.17, 15) is 9.59 Å². The van der Waals surface area contributed by atoms with Crippen LogP contribution in [0.25, 0.3) is 10.2 Å². The van der Waals surface area contributed by atoms with E-state index in [2.05, 4.69) is 32.3 Å². The molecule has 2 N–H and O–H groups in total. The Bertz CT molecular complexity index is 1110. The van der Waals surface area contributed by atoms with Crippen molar-refractivity contribution in [3.05, 3.63) is 56.4 Å². The van der Waals surface area contributed by atoms with Crippen molar-refractivity contribution in [2.45, 2.75) is 38.6 Å². The monoisotopic (exact) mass is 394 g/mol. The first-order chi connectivity index (χ1) is 13.7. The summed E-state index contributed by atoms with van der Waals surface area (Å²) in [6.45, 7) is 2.58. The number of benzene rings is 1. The molecular weight excluding hydrogens is 372 g/mol. The summed E-state index contributed by atoms with van der Waals surface area (Å²) in [5.41, 5.74) is 3.16. The Balaban J connectivity index is 1.33. The molecule has 3 heterocycles. The van der Waals surface area contributed by atoms with Crippen LogP contribution in [0.3, 0.4) is 0 Å². The molecular formula is C21H22N4O2S. The summed E-state index contributed by atoms with van der Waals surface area (Å²) in [4.78, 5) is 36.5. The molecule has 1 aliphatic heterocycles. The summed E-state index contributed by atoms with van der Waals surface area (Å²) in [6, 6.07) is 8.26. The van der Waals surface area contributed by atoms with Crippen molar-refractivity contribution < 1.29 is 4.79 Å². The highest BCUT2D eigenvalue weighted by atomic mass is 32.1. The number of aromatic amines is 1. The molecule has 1 saturated heterocycles. The van der Waals surface area contributed by atoms with Crippen LogP contribution in [0.2, 0.25) is 0 Å². The van der Waals surface area contributed by atoms with Gasteiger partial charge in [0, 0.05) is 30.2 Å². The molecule has 0 atom stereocenters. The van der Waals surface area contributed by atoms with E-state index in [0.717, 1.165) is 43.5 Å². The molecule has 144 valence electrons. The number of carbonyl (C=O) groups is 1. The van der Waals surface area contributed by atoms with E-state index in [1.165, 1.54) is 23.4 Å². The Morgan fingerprint density at radius 2 is 2.07 bits per heavy atom. The topological polar surface area (TPSA) is 78.1 Å². The van der Waals surface area contributed by atoms with Gasteiger partial charge in [-0.05, 0) is 55.4 Å². The van der Waals surface area contributed by atoms with Crippen molar-refractivity contribution in [1.29, 1.82) is 0 Å². The maximum Gasteiger partial charge on any atom is 0.287 e. The molecule has 0 radical (unpaired) electrons. The van der Waals surface area contributed by atoms with E-state index in [-0.39, 0.29) is 17.3 Å². The van der Waals surface area contributed by atoms with E-state index < -0.39 is 0 Å². The van der Waals surface area contributed by atoms with Crippen LogP contribution in [-0.2, 0) is 19.4 Å². The third-order valence-electron chi connectivity index (χ3n) is 5.62. The summed E-state index contributed by atoms with van der Waals surface area (Å²) >= 11 is 1.55. The van der Waals surface area contributed by atoms with Crippen molar-refractivity contribution in [2.24, 2.45) is 0 Å². The molecule has 3 aromatic rings. The number of aromatic nitrogens is 2. The zero-order chi connectivity index (χ0) is 19.1. The summed E-state index contributed by atoms with van der Waals surface area (Å²) in [5.74, 6) is -0.257. The molecule has 28 heavy (non-hydrogen) atoms. The number of H-pyrrole nitrogens is 1. The smallest absolute Gasteiger partial charge is 0.287 e. The molecule has 5 rings (SSSR count). The minimum Gasteiger partial charge on any atom is -0.372 e. The van der Waals surface area contributed by atoms with Gasteiger partial charge < -0.3 is 15.2 Å². The number of hydrogen-bond acceptors (Lipinski definition) is 5. The Labute approximate surface area is 166 Å². The zero-order valence-corrected chi connectivity index (χ0v) is 16.4. The van der Waals surface area contributed by atoms with Crippen LogP contribution in [0.4, 0.5) is 5.69 Å². The molecule has 1 amide bonds. The second-order valence-electron chi connectivity index (χ2n) is 7.50. The fourth-order valence-corrected chi connectivity index (χ4v) is 5.48. The highest BCUT2D eigenvalue weighted by Crippen LogP contribution is 2.34. The molecule has 1 aromatic carbocycles. The van der Waals surface area contributed by atoms with Gasteiger partial charge in [-0.25, -0.2) is 4.98 Å². The average molecular weight is 395 g/mol. The van der Waals surface area contributed by atoms with Crippen LogP contribution < -0.4 is 15.8 Å². The number of carbonyl (C=O) groups excluding carboxylic acids is 1. The first-order valence-corrected chi connectivity index (χ1v) is 10.7. The number of thiophene rings is 1. The minimum absolute atomic E-state index is 0.0909. The maximum absolute atomic E-state index is 12.6. The molecule has 0 bridgehead atoms. The number of hydrogen-bond donors (Lipinski definition) is 2. The lowest BCUT2D eigenvalue weighted by molar-refractivity contribution is 0.0940. The lowest BCUT2D eigenvalue weighted by atomic mass is 10.2. The fourth-order valence-electron chi connectivity index (χ4n) is 4.21. The number of nitrogens with one attached hydrogen (secondary N) is 2. The van der Waals surface area contributed by atoms with Gasteiger partial charge in [-0.15, -0.1) is 11.3 Å². The van der Waals surface area contributed by atoms with Crippen LogP contribution in [0, 0.1) is 0 Å². The van der Waals surface area contributed by atoms with E-state index in [1.807, 2.05) is 12.1 Å². The van der Waals surface area contributed by atoms with Crippen LogP contribution >= 0.6 is 11.3 Å². The van der Waals surface area contributed by atoms with Crippen molar-refractivity contribution >= 4 is 33.1 Å². The van der Waals surface area contributed by atoms with Gasteiger partial charge in [-0.3, -0.25) is 9.59 Å². The molecule has 7 heteroatoms. The molecule has 1 fully saturated rings. The molecule has 2 aliphatic rings. The third-order valence-corrected chi connectivity index (χ3v) is 6.81. The number of anilines is 1. The quantitative estimate of drug-likeness (QED) is 0.713. The van der Waals surface area contributed by atoms with E-state index >= 15 is 0 Å². The van der Waals surface area contributed by atoms with Crippen molar-refractivity contribution in [3.8, 4) is 0 Å². The van der Waals surface area contributed by atoms with Crippen molar-refractivity contribution in [1.82, 2.24) is 15.3 Å². The van der Waals surface area contributed by atoms with Crippen molar-refractivity contribution in [2.75, 3.05) is 18.0 Å². The van der Waals surface area contributed by atoms with Crippen LogP contribution in [-0.4, -0.2) is 29.0 Å². The predicted octanol–water partition coefficient (Wildman–Crippen LogP) is 3.00. The largest absolute Gasteiger partial charge is 0.372 e. The van der Waals surface area contributed by atoms with Gasteiger partial charge in [0.2, 0.25) is 5.82 Å². The Morgan fingerprint density at radius 1 is 1.21 bits per heavy atom. The summed E-state index contributed by atoms with van der Waals surface area (Å²) in [5, 5.41) is 3.56. The number of nitrogens with zero attached hydrogens (tertiary/aromatic N) is 2. The lowest BCUT2D eigenvalue weighted by Gasteiger charge is -2.18. The lowest BCUT2D eigenvalue weighted by Crippen LogP contribution is -2.27. The first kappa shape index (κ1) is 17.4. The van der Waals surface area contributed by atoms with Gasteiger partial charge in [0.05, 0.1) is 5.39 Å². The molecule has 2 aromatic heterocycles. The molecule has 0 unspecified atom stereocenters. The van der Waals surface area contributed by atoms with Crippen molar-refractivity contribution in [3.63, 3.8) is 0 Å². The van der Waals surface area contributed by atoms with Gasteiger partial charge in [-0.2, -0.15) is 0 Å². The number of rotatable bonds is 4. The van der Waals surface area contributed by atoms with Gasteiger partial charge in [-0.1, -0.05) is 12.1 Å². The molecule has 0 spiro atoms. The summed E-state index contributed by atoms with van der Waals surface area (Å²) in [7, 11) is 0. The number of amides is 1. The van der Waals surface area contributed by atoms with E-state index in [0.29, 0.717) is 16.8 Å². The Hall–Kier alpha value is -2.67. The second kappa shape index (κ2) is 7.05. The van der Waals surface area contributed by atoms with Crippen LogP contribution in [0.1, 0.15) is 45.9 Å². The Morgan fingerprint density at radius 3 is 2.93 bits per heavy atom. The first-order valence-electron chi connectivity index (χ1n) is 9.86. The maximum atomic E-state index is 12.6. The molecule has 1 aliphatic carbocycles. The third kappa shape index (κ3) is 3.09. The molecule has 0 saturated carbocycles. The summed E-state index contributed by atoms with van der Waals surface area (Å²) < 4.78 is 0. The predicted molar refractivity (Wildman–Crippen MR) is 111 cm³/mol. The van der Waals surface area contributed by atoms with Gasteiger partial charge >= 0.3 is 0 Å². The normalized spacial score (nSPS) is 15.9. The zero-order valence-electron chi connectivity index (χ0n) is 15.6. The summed E-state index contributed by atoms with van der Waals surface area (Å²) in [6.07, 6.45) is 5.49. The molecule has 6 nitrogen and oxygen atoms in total. The van der Waals surface area contributed by atoms with E-state index in [4.69, 9.17) is 0 Å². The second-order valence-corrected chi connectivity index (χ2v) is 8.58.